The van der Waals surface area contributed by atoms with Gasteiger partial charge in [-0.15, -0.1) is 0 Å². The zero-order valence-corrected chi connectivity index (χ0v) is 11.0. The van der Waals surface area contributed by atoms with E-state index in [9.17, 15) is 0 Å². The topological polar surface area (TPSA) is 56.3 Å². The Kier molecular flexibility index (Phi) is 4.83. The quantitative estimate of drug-likeness (QED) is 0.806. The molecule has 0 aliphatic carbocycles. The summed E-state index contributed by atoms with van der Waals surface area (Å²) in [5, 5.41) is 3.22. The lowest BCUT2D eigenvalue weighted by atomic mass is 10.1. The number of hydrogen-bond donors (Lipinski definition) is 1. The molecule has 0 radical (unpaired) electrons. The molecular formula is C14H17N3O2. The van der Waals surface area contributed by atoms with Gasteiger partial charge in [-0.1, -0.05) is 30.3 Å². The average Bonchev–Trinajstić information content (AvgIpc) is 2.49. The van der Waals surface area contributed by atoms with Gasteiger partial charge in [-0.2, -0.15) is 0 Å². The van der Waals surface area contributed by atoms with Crippen molar-refractivity contribution in [1.82, 2.24) is 9.97 Å². The summed E-state index contributed by atoms with van der Waals surface area (Å²) in [6, 6.07) is 11.5. The molecule has 19 heavy (non-hydrogen) atoms. The molecule has 1 heterocycles. The van der Waals surface area contributed by atoms with Crippen LogP contribution in [0.3, 0.4) is 0 Å². The van der Waals surface area contributed by atoms with Gasteiger partial charge in [0.1, 0.15) is 6.04 Å². The van der Waals surface area contributed by atoms with E-state index in [1.54, 1.807) is 32.7 Å². The maximum Gasteiger partial charge on any atom is 0.223 e. The second-order valence-corrected chi connectivity index (χ2v) is 3.94. The molecule has 5 nitrogen and oxygen atoms in total. The smallest absolute Gasteiger partial charge is 0.223 e. The standard InChI is InChI=1S/C14H17N3O2/c1-18-13(19-2)12(11-7-4-3-5-8-11)17-14-15-9-6-10-16-14/h3-10,12-13H,1-2H3,(H,15,16,17). The fourth-order valence-corrected chi connectivity index (χ4v) is 1.85. The van der Waals surface area contributed by atoms with E-state index in [0.717, 1.165) is 5.56 Å². The Hall–Kier alpha value is -1.98. The molecule has 1 aromatic heterocycles. The number of nitrogens with zero attached hydrogens (tertiary/aromatic N) is 2. The molecule has 1 N–H and O–H groups in total. The van der Waals surface area contributed by atoms with Crippen molar-refractivity contribution in [3.63, 3.8) is 0 Å². The van der Waals surface area contributed by atoms with Crippen LogP contribution >= 0.6 is 0 Å². The van der Waals surface area contributed by atoms with Gasteiger partial charge in [0.2, 0.25) is 5.95 Å². The van der Waals surface area contributed by atoms with Crippen molar-refractivity contribution in [3.8, 4) is 0 Å². The third-order valence-electron chi connectivity index (χ3n) is 2.75. The molecule has 1 unspecified atom stereocenters. The molecule has 0 saturated heterocycles. The fourth-order valence-electron chi connectivity index (χ4n) is 1.85. The van der Waals surface area contributed by atoms with Crippen LogP contribution in [0.1, 0.15) is 11.6 Å². The van der Waals surface area contributed by atoms with E-state index in [1.165, 1.54) is 0 Å². The van der Waals surface area contributed by atoms with Crippen LogP contribution in [0.5, 0.6) is 0 Å². The first-order chi connectivity index (χ1) is 9.35. The predicted octanol–water partition coefficient (Wildman–Crippen LogP) is 2.25. The fraction of sp³-hybridized carbons (Fsp3) is 0.286. The van der Waals surface area contributed by atoms with Gasteiger partial charge in [0, 0.05) is 26.6 Å². The minimum atomic E-state index is -0.425. The van der Waals surface area contributed by atoms with E-state index >= 15 is 0 Å². The highest BCUT2D eigenvalue weighted by molar-refractivity contribution is 5.32. The average molecular weight is 259 g/mol. The molecule has 1 aromatic carbocycles. The van der Waals surface area contributed by atoms with E-state index in [-0.39, 0.29) is 6.04 Å². The summed E-state index contributed by atoms with van der Waals surface area (Å²) in [6.07, 6.45) is 2.95. The van der Waals surface area contributed by atoms with Crippen molar-refractivity contribution in [1.29, 1.82) is 0 Å². The number of methoxy groups -OCH3 is 2. The van der Waals surface area contributed by atoms with E-state index in [4.69, 9.17) is 9.47 Å². The molecule has 1 atom stereocenters. The molecule has 2 aromatic rings. The normalized spacial score (nSPS) is 12.4. The van der Waals surface area contributed by atoms with Crippen LogP contribution in [0.4, 0.5) is 5.95 Å². The maximum atomic E-state index is 5.35. The van der Waals surface area contributed by atoms with Crippen LogP contribution in [0.2, 0.25) is 0 Å². The SMILES string of the molecule is COC(OC)C(Nc1ncccn1)c1ccccc1. The van der Waals surface area contributed by atoms with Crippen molar-refractivity contribution in [2.45, 2.75) is 12.3 Å². The van der Waals surface area contributed by atoms with E-state index in [2.05, 4.69) is 15.3 Å². The Balaban J connectivity index is 2.24. The van der Waals surface area contributed by atoms with Crippen LogP contribution in [0.25, 0.3) is 0 Å². The molecule has 0 bridgehead atoms. The summed E-state index contributed by atoms with van der Waals surface area (Å²) in [5.74, 6) is 0.537. The highest BCUT2D eigenvalue weighted by Gasteiger charge is 2.23. The Labute approximate surface area is 112 Å². The largest absolute Gasteiger partial charge is 0.353 e. The van der Waals surface area contributed by atoms with Crippen molar-refractivity contribution < 1.29 is 9.47 Å². The lowest BCUT2D eigenvalue weighted by Gasteiger charge is -2.26. The maximum absolute atomic E-state index is 5.35. The van der Waals surface area contributed by atoms with Crippen molar-refractivity contribution in [2.75, 3.05) is 19.5 Å². The number of aromatic nitrogens is 2. The van der Waals surface area contributed by atoms with Crippen molar-refractivity contribution >= 4 is 5.95 Å². The molecule has 2 rings (SSSR count). The summed E-state index contributed by atoms with van der Waals surface area (Å²) in [6.45, 7) is 0. The van der Waals surface area contributed by atoms with Gasteiger partial charge in [-0.3, -0.25) is 0 Å². The molecule has 0 saturated carbocycles. The first kappa shape index (κ1) is 13.5. The minimum absolute atomic E-state index is 0.182. The lowest BCUT2D eigenvalue weighted by Crippen LogP contribution is -2.29. The van der Waals surface area contributed by atoms with Crippen LogP contribution in [-0.2, 0) is 9.47 Å². The Morgan fingerprint density at radius 1 is 0.947 bits per heavy atom. The third-order valence-corrected chi connectivity index (χ3v) is 2.75. The number of hydrogen-bond acceptors (Lipinski definition) is 5. The number of rotatable bonds is 6. The number of anilines is 1. The summed E-state index contributed by atoms with van der Waals surface area (Å²) in [4.78, 5) is 8.32. The van der Waals surface area contributed by atoms with Gasteiger partial charge >= 0.3 is 0 Å². The third kappa shape index (κ3) is 3.49. The zero-order chi connectivity index (χ0) is 13.5. The van der Waals surface area contributed by atoms with Crippen LogP contribution in [0.15, 0.2) is 48.8 Å². The van der Waals surface area contributed by atoms with Crippen LogP contribution in [0, 0.1) is 0 Å². The first-order valence-electron chi connectivity index (χ1n) is 5.99. The first-order valence-corrected chi connectivity index (χ1v) is 5.99. The Morgan fingerprint density at radius 3 is 2.16 bits per heavy atom. The molecular weight excluding hydrogens is 242 g/mol. The molecule has 100 valence electrons. The summed E-state index contributed by atoms with van der Waals surface area (Å²) >= 11 is 0. The van der Waals surface area contributed by atoms with Crippen molar-refractivity contribution in [2.24, 2.45) is 0 Å². The van der Waals surface area contributed by atoms with E-state index < -0.39 is 6.29 Å². The van der Waals surface area contributed by atoms with Gasteiger partial charge < -0.3 is 14.8 Å². The minimum Gasteiger partial charge on any atom is -0.353 e. The zero-order valence-electron chi connectivity index (χ0n) is 11.0. The number of ether oxygens (including phenoxy) is 2. The lowest BCUT2D eigenvalue weighted by molar-refractivity contribution is -0.113. The van der Waals surface area contributed by atoms with Crippen LogP contribution in [-0.4, -0.2) is 30.5 Å². The second kappa shape index (κ2) is 6.82. The number of nitrogens with one attached hydrogen (secondary N) is 1. The molecule has 0 spiro atoms. The molecule has 0 aliphatic heterocycles. The second-order valence-electron chi connectivity index (χ2n) is 3.94. The van der Waals surface area contributed by atoms with Gasteiger partial charge in [0.25, 0.3) is 0 Å². The monoisotopic (exact) mass is 259 g/mol. The molecule has 0 amide bonds. The summed E-state index contributed by atoms with van der Waals surface area (Å²) in [5.41, 5.74) is 1.05. The van der Waals surface area contributed by atoms with Crippen LogP contribution < -0.4 is 5.32 Å². The predicted molar refractivity (Wildman–Crippen MR) is 72.6 cm³/mol. The number of benzene rings is 1. The molecule has 0 fully saturated rings. The highest BCUT2D eigenvalue weighted by Crippen LogP contribution is 2.22. The highest BCUT2D eigenvalue weighted by atomic mass is 16.7. The van der Waals surface area contributed by atoms with Gasteiger partial charge in [-0.05, 0) is 11.6 Å². The van der Waals surface area contributed by atoms with Crippen molar-refractivity contribution in [3.05, 3.63) is 54.4 Å². The summed E-state index contributed by atoms with van der Waals surface area (Å²) < 4.78 is 10.7. The van der Waals surface area contributed by atoms with E-state index in [1.807, 2.05) is 30.3 Å². The summed E-state index contributed by atoms with van der Waals surface area (Å²) in [7, 11) is 3.22. The van der Waals surface area contributed by atoms with Gasteiger partial charge in [0.15, 0.2) is 6.29 Å². The molecule has 0 aliphatic rings. The Bertz CT molecular complexity index is 475. The van der Waals surface area contributed by atoms with Gasteiger partial charge in [0.05, 0.1) is 0 Å². The molecule has 5 heteroatoms. The van der Waals surface area contributed by atoms with E-state index in [0.29, 0.717) is 5.95 Å². The Morgan fingerprint density at radius 2 is 1.58 bits per heavy atom. The van der Waals surface area contributed by atoms with Gasteiger partial charge in [-0.25, -0.2) is 9.97 Å².